The SMILES string of the molecule is COC1(CN2CCNC(C3CCCCC3)C2)CCOC1. The molecule has 0 amide bonds. The molecule has 0 aromatic carbocycles. The van der Waals surface area contributed by atoms with Gasteiger partial charge in [-0.3, -0.25) is 4.90 Å². The van der Waals surface area contributed by atoms with Gasteiger partial charge in [0.2, 0.25) is 0 Å². The Hall–Kier alpha value is -0.160. The molecule has 0 radical (unpaired) electrons. The lowest BCUT2D eigenvalue weighted by Gasteiger charge is -2.42. The van der Waals surface area contributed by atoms with E-state index in [9.17, 15) is 0 Å². The lowest BCUT2D eigenvalue weighted by molar-refractivity contribution is -0.0468. The van der Waals surface area contributed by atoms with Crippen molar-refractivity contribution in [2.45, 2.75) is 50.2 Å². The lowest BCUT2D eigenvalue weighted by Crippen LogP contribution is -2.57. The van der Waals surface area contributed by atoms with Gasteiger partial charge in [-0.2, -0.15) is 0 Å². The Morgan fingerprint density at radius 1 is 1.30 bits per heavy atom. The number of methoxy groups -OCH3 is 1. The summed E-state index contributed by atoms with van der Waals surface area (Å²) in [5, 5.41) is 3.76. The highest BCUT2D eigenvalue weighted by atomic mass is 16.5. The fraction of sp³-hybridized carbons (Fsp3) is 1.00. The van der Waals surface area contributed by atoms with Crippen LogP contribution in [0, 0.1) is 5.92 Å². The summed E-state index contributed by atoms with van der Waals surface area (Å²) in [5.74, 6) is 0.893. The van der Waals surface area contributed by atoms with Gasteiger partial charge >= 0.3 is 0 Å². The van der Waals surface area contributed by atoms with Crippen LogP contribution in [-0.4, -0.2) is 63.0 Å². The summed E-state index contributed by atoms with van der Waals surface area (Å²) in [5.41, 5.74) is -0.0472. The molecule has 0 bridgehead atoms. The average Bonchev–Trinajstić information content (AvgIpc) is 2.97. The first-order chi connectivity index (χ1) is 9.81. The standard InChI is InChI=1S/C16H30N2O2/c1-19-16(7-10-20-13-16)12-18-9-8-17-15(11-18)14-5-3-2-4-6-14/h14-15,17H,2-13H2,1H3. The Morgan fingerprint density at radius 3 is 2.85 bits per heavy atom. The van der Waals surface area contributed by atoms with Gasteiger partial charge in [0.25, 0.3) is 0 Å². The van der Waals surface area contributed by atoms with Crippen molar-refractivity contribution in [1.29, 1.82) is 0 Å². The van der Waals surface area contributed by atoms with E-state index in [2.05, 4.69) is 10.2 Å². The Kier molecular flexibility index (Phi) is 4.97. The first-order valence-corrected chi connectivity index (χ1v) is 8.40. The topological polar surface area (TPSA) is 33.7 Å². The highest BCUT2D eigenvalue weighted by molar-refractivity contribution is 4.92. The first kappa shape index (κ1) is 14.8. The third kappa shape index (κ3) is 3.35. The molecule has 2 unspecified atom stereocenters. The van der Waals surface area contributed by atoms with Gasteiger partial charge in [-0.1, -0.05) is 19.3 Å². The minimum Gasteiger partial charge on any atom is -0.378 e. The minimum absolute atomic E-state index is 0.0472. The van der Waals surface area contributed by atoms with Crippen LogP contribution in [0.1, 0.15) is 38.5 Å². The van der Waals surface area contributed by atoms with Crippen molar-refractivity contribution in [2.75, 3.05) is 46.5 Å². The molecule has 0 spiro atoms. The van der Waals surface area contributed by atoms with E-state index in [1.807, 2.05) is 7.11 Å². The molecule has 116 valence electrons. The van der Waals surface area contributed by atoms with Gasteiger partial charge in [0.05, 0.1) is 6.61 Å². The minimum atomic E-state index is -0.0472. The molecule has 4 nitrogen and oxygen atoms in total. The largest absolute Gasteiger partial charge is 0.378 e. The monoisotopic (exact) mass is 282 g/mol. The molecule has 20 heavy (non-hydrogen) atoms. The summed E-state index contributed by atoms with van der Waals surface area (Å²) in [6.45, 7) is 6.12. The molecule has 2 atom stereocenters. The number of hydrogen-bond acceptors (Lipinski definition) is 4. The zero-order valence-corrected chi connectivity index (χ0v) is 12.9. The average molecular weight is 282 g/mol. The van der Waals surface area contributed by atoms with Crippen molar-refractivity contribution in [3.8, 4) is 0 Å². The van der Waals surface area contributed by atoms with Gasteiger partial charge in [-0.15, -0.1) is 0 Å². The Bertz CT molecular complexity index is 299. The Balaban J connectivity index is 1.54. The predicted octanol–water partition coefficient (Wildman–Crippen LogP) is 1.65. The third-order valence-corrected chi connectivity index (χ3v) is 5.52. The number of nitrogens with zero attached hydrogens (tertiary/aromatic N) is 1. The van der Waals surface area contributed by atoms with E-state index in [0.717, 1.165) is 45.2 Å². The molecule has 4 heteroatoms. The van der Waals surface area contributed by atoms with E-state index in [1.165, 1.54) is 38.6 Å². The summed E-state index contributed by atoms with van der Waals surface area (Å²) >= 11 is 0. The van der Waals surface area contributed by atoms with Gasteiger partial charge in [-0.05, 0) is 18.8 Å². The van der Waals surface area contributed by atoms with Crippen LogP contribution in [0.25, 0.3) is 0 Å². The first-order valence-electron chi connectivity index (χ1n) is 8.40. The molecular weight excluding hydrogens is 252 g/mol. The number of nitrogens with one attached hydrogen (secondary N) is 1. The van der Waals surface area contributed by atoms with Gasteiger partial charge < -0.3 is 14.8 Å². The van der Waals surface area contributed by atoms with Crippen molar-refractivity contribution in [3.63, 3.8) is 0 Å². The molecule has 1 saturated carbocycles. The molecule has 0 aromatic rings. The molecule has 2 aliphatic heterocycles. The van der Waals surface area contributed by atoms with Gasteiger partial charge in [-0.25, -0.2) is 0 Å². The van der Waals surface area contributed by atoms with E-state index in [1.54, 1.807) is 0 Å². The maximum atomic E-state index is 5.80. The summed E-state index contributed by atoms with van der Waals surface area (Å²) in [4.78, 5) is 2.61. The number of hydrogen-bond donors (Lipinski definition) is 1. The zero-order chi connectivity index (χ0) is 13.8. The number of piperazine rings is 1. The number of rotatable bonds is 4. The van der Waals surface area contributed by atoms with Crippen molar-refractivity contribution < 1.29 is 9.47 Å². The lowest BCUT2D eigenvalue weighted by atomic mass is 9.83. The van der Waals surface area contributed by atoms with Crippen LogP contribution < -0.4 is 5.32 Å². The van der Waals surface area contributed by atoms with Crippen molar-refractivity contribution in [1.82, 2.24) is 10.2 Å². The van der Waals surface area contributed by atoms with Gasteiger partial charge in [0.1, 0.15) is 5.60 Å². The second-order valence-electron chi connectivity index (χ2n) is 6.88. The van der Waals surface area contributed by atoms with Crippen LogP contribution in [0.15, 0.2) is 0 Å². The number of ether oxygens (including phenoxy) is 2. The van der Waals surface area contributed by atoms with Crippen molar-refractivity contribution in [3.05, 3.63) is 0 Å². The van der Waals surface area contributed by atoms with Crippen LogP contribution in [0.2, 0.25) is 0 Å². The molecule has 3 fully saturated rings. The molecule has 2 heterocycles. The fourth-order valence-electron chi connectivity index (χ4n) is 4.18. The Labute approximate surface area is 123 Å². The van der Waals surface area contributed by atoms with Crippen LogP contribution in [0.4, 0.5) is 0 Å². The van der Waals surface area contributed by atoms with Crippen molar-refractivity contribution in [2.24, 2.45) is 5.92 Å². The Morgan fingerprint density at radius 2 is 2.15 bits per heavy atom. The fourth-order valence-corrected chi connectivity index (χ4v) is 4.18. The second kappa shape index (κ2) is 6.73. The molecule has 3 rings (SSSR count). The third-order valence-electron chi connectivity index (χ3n) is 5.52. The zero-order valence-electron chi connectivity index (χ0n) is 12.9. The maximum absolute atomic E-state index is 5.80. The van der Waals surface area contributed by atoms with Gasteiger partial charge in [0.15, 0.2) is 0 Å². The van der Waals surface area contributed by atoms with Crippen LogP contribution in [0.3, 0.4) is 0 Å². The molecule has 2 saturated heterocycles. The normalized spacial score (nSPS) is 37.4. The smallest absolute Gasteiger partial charge is 0.106 e. The predicted molar refractivity (Wildman–Crippen MR) is 80.0 cm³/mol. The summed E-state index contributed by atoms with van der Waals surface area (Å²) < 4.78 is 11.4. The molecule has 3 aliphatic rings. The van der Waals surface area contributed by atoms with Crippen molar-refractivity contribution >= 4 is 0 Å². The maximum Gasteiger partial charge on any atom is 0.106 e. The summed E-state index contributed by atoms with van der Waals surface area (Å²) in [6, 6.07) is 0.695. The molecular formula is C16H30N2O2. The van der Waals surface area contributed by atoms with E-state index in [-0.39, 0.29) is 5.60 Å². The summed E-state index contributed by atoms with van der Waals surface area (Å²) in [7, 11) is 1.84. The van der Waals surface area contributed by atoms with Crippen LogP contribution >= 0.6 is 0 Å². The van der Waals surface area contributed by atoms with E-state index in [4.69, 9.17) is 9.47 Å². The highest BCUT2D eigenvalue weighted by Gasteiger charge is 2.38. The van der Waals surface area contributed by atoms with E-state index in [0.29, 0.717) is 6.04 Å². The molecule has 0 aromatic heterocycles. The molecule has 1 aliphatic carbocycles. The van der Waals surface area contributed by atoms with E-state index < -0.39 is 0 Å². The second-order valence-corrected chi connectivity index (χ2v) is 6.88. The highest BCUT2D eigenvalue weighted by Crippen LogP contribution is 2.29. The quantitative estimate of drug-likeness (QED) is 0.850. The van der Waals surface area contributed by atoms with Gasteiger partial charge in [0, 0.05) is 52.4 Å². The van der Waals surface area contributed by atoms with E-state index >= 15 is 0 Å². The molecule has 1 N–H and O–H groups in total. The van der Waals surface area contributed by atoms with Crippen LogP contribution in [-0.2, 0) is 9.47 Å². The van der Waals surface area contributed by atoms with Crippen LogP contribution in [0.5, 0.6) is 0 Å². The summed E-state index contributed by atoms with van der Waals surface area (Å²) in [6.07, 6.45) is 8.18.